The Kier molecular flexibility index (Phi) is 2.55. The summed E-state index contributed by atoms with van der Waals surface area (Å²) >= 11 is 0. The lowest BCUT2D eigenvalue weighted by Crippen LogP contribution is -2.35. The van der Waals surface area contributed by atoms with Crippen molar-refractivity contribution in [2.24, 2.45) is 11.8 Å². The Morgan fingerprint density at radius 1 is 1.33 bits per heavy atom. The highest BCUT2D eigenvalue weighted by Crippen LogP contribution is 2.26. The van der Waals surface area contributed by atoms with Crippen molar-refractivity contribution in [1.29, 1.82) is 0 Å². The molecule has 2 atom stereocenters. The SMILES string of the molecule is O=C(O)c1ccn(C(=O)N2CC3CNCC3C2)n1. The molecule has 2 unspecified atom stereocenters. The molecular formula is C11H14N4O3. The molecule has 2 fully saturated rings. The highest BCUT2D eigenvalue weighted by atomic mass is 16.4. The number of carbonyl (C=O) groups is 2. The van der Waals surface area contributed by atoms with Crippen LogP contribution in [-0.4, -0.2) is 58.0 Å². The van der Waals surface area contributed by atoms with E-state index in [-0.39, 0.29) is 11.7 Å². The van der Waals surface area contributed by atoms with Crippen LogP contribution in [0.3, 0.4) is 0 Å². The van der Waals surface area contributed by atoms with E-state index in [9.17, 15) is 9.59 Å². The van der Waals surface area contributed by atoms with Gasteiger partial charge in [0.2, 0.25) is 0 Å². The van der Waals surface area contributed by atoms with Crippen molar-refractivity contribution in [2.45, 2.75) is 0 Å². The van der Waals surface area contributed by atoms with Gasteiger partial charge in [0.1, 0.15) is 0 Å². The number of nitrogens with zero attached hydrogens (tertiary/aromatic N) is 3. The molecule has 0 radical (unpaired) electrons. The lowest BCUT2D eigenvalue weighted by atomic mass is 10.0. The van der Waals surface area contributed by atoms with Gasteiger partial charge in [-0.25, -0.2) is 9.59 Å². The zero-order valence-corrected chi connectivity index (χ0v) is 9.74. The topological polar surface area (TPSA) is 87.5 Å². The quantitative estimate of drug-likeness (QED) is 0.714. The van der Waals surface area contributed by atoms with Crippen molar-refractivity contribution in [3.8, 4) is 0 Å². The first-order chi connectivity index (χ1) is 8.65. The zero-order chi connectivity index (χ0) is 12.7. The summed E-state index contributed by atoms with van der Waals surface area (Å²) in [6.45, 7) is 3.35. The number of amides is 1. The van der Waals surface area contributed by atoms with Crippen LogP contribution in [0.15, 0.2) is 12.3 Å². The highest BCUT2D eigenvalue weighted by molar-refractivity contribution is 5.86. The minimum atomic E-state index is -1.12. The number of carbonyl (C=O) groups excluding carboxylic acids is 1. The predicted octanol–water partition coefficient (Wildman–Crippen LogP) is -0.299. The lowest BCUT2D eigenvalue weighted by molar-refractivity contribution is 0.0690. The Morgan fingerprint density at radius 3 is 2.56 bits per heavy atom. The van der Waals surface area contributed by atoms with E-state index in [1.165, 1.54) is 12.3 Å². The fourth-order valence-corrected chi connectivity index (χ4v) is 2.70. The average molecular weight is 250 g/mol. The van der Waals surface area contributed by atoms with Crippen LogP contribution in [0.1, 0.15) is 10.5 Å². The third kappa shape index (κ3) is 1.76. The third-order valence-electron chi connectivity index (χ3n) is 3.66. The van der Waals surface area contributed by atoms with Gasteiger partial charge < -0.3 is 15.3 Å². The molecule has 0 aliphatic carbocycles. The molecule has 3 heterocycles. The van der Waals surface area contributed by atoms with E-state index in [1.807, 2.05) is 0 Å². The molecule has 1 aromatic heterocycles. The number of aromatic nitrogens is 2. The average Bonchev–Trinajstić information content (AvgIpc) is 3.02. The van der Waals surface area contributed by atoms with E-state index in [1.54, 1.807) is 4.90 Å². The van der Waals surface area contributed by atoms with E-state index >= 15 is 0 Å². The second-order valence-corrected chi connectivity index (χ2v) is 4.82. The molecule has 1 amide bonds. The zero-order valence-electron chi connectivity index (χ0n) is 9.74. The maximum absolute atomic E-state index is 12.1. The van der Waals surface area contributed by atoms with Crippen LogP contribution in [0.2, 0.25) is 0 Å². The van der Waals surface area contributed by atoms with Gasteiger partial charge in [0.05, 0.1) is 0 Å². The van der Waals surface area contributed by atoms with Crippen LogP contribution in [-0.2, 0) is 0 Å². The number of rotatable bonds is 1. The second-order valence-electron chi connectivity index (χ2n) is 4.82. The maximum Gasteiger partial charge on any atom is 0.356 e. The Bertz CT molecular complexity index is 486. The molecule has 0 aromatic carbocycles. The number of nitrogens with one attached hydrogen (secondary N) is 1. The van der Waals surface area contributed by atoms with E-state index in [2.05, 4.69) is 10.4 Å². The summed E-state index contributed by atoms with van der Waals surface area (Å²) < 4.78 is 1.11. The number of hydrogen-bond donors (Lipinski definition) is 2. The summed E-state index contributed by atoms with van der Waals surface area (Å²) in [7, 11) is 0. The largest absolute Gasteiger partial charge is 0.476 e. The molecule has 0 saturated carbocycles. The van der Waals surface area contributed by atoms with Gasteiger partial charge in [0, 0.05) is 32.4 Å². The molecule has 0 bridgehead atoms. The van der Waals surface area contributed by atoms with Crippen LogP contribution in [0.25, 0.3) is 0 Å². The van der Waals surface area contributed by atoms with Crippen molar-refractivity contribution in [2.75, 3.05) is 26.2 Å². The molecule has 2 saturated heterocycles. The number of aromatic carboxylic acids is 1. The normalized spacial score (nSPS) is 26.3. The minimum Gasteiger partial charge on any atom is -0.476 e. The van der Waals surface area contributed by atoms with Gasteiger partial charge in [-0.2, -0.15) is 9.78 Å². The summed E-state index contributed by atoms with van der Waals surface area (Å²) in [4.78, 5) is 24.6. The predicted molar refractivity (Wildman–Crippen MR) is 61.4 cm³/mol. The Balaban J connectivity index is 1.72. The standard InChI is InChI=1S/C11H14N4O3/c16-10(17)9-1-2-15(13-9)11(18)14-5-7-3-12-4-8(7)6-14/h1-2,7-8,12H,3-6H2,(H,16,17). The maximum atomic E-state index is 12.1. The molecule has 7 heteroatoms. The summed E-state index contributed by atoms with van der Waals surface area (Å²) in [6.07, 6.45) is 1.40. The van der Waals surface area contributed by atoms with E-state index in [0.717, 1.165) is 30.9 Å². The Morgan fingerprint density at radius 2 is 2.00 bits per heavy atom. The van der Waals surface area contributed by atoms with E-state index in [0.29, 0.717) is 11.8 Å². The van der Waals surface area contributed by atoms with Crippen molar-refractivity contribution in [3.63, 3.8) is 0 Å². The third-order valence-corrected chi connectivity index (χ3v) is 3.66. The van der Waals surface area contributed by atoms with Crippen molar-refractivity contribution in [1.82, 2.24) is 20.0 Å². The smallest absolute Gasteiger partial charge is 0.356 e. The number of fused-ring (bicyclic) bond motifs is 1. The number of hydrogen-bond acceptors (Lipinski definition) is 4. The number of carboxylic acids is 1. The van der Waals surface area contributed by atoms with Gasteiger partial charge in [0.25, 0.3) is 0 Å². The molecule has 1 aromatic rings. The molecule has 7 nitrogen and oxygen atoms in total. The summed E-state index contributed by atoms with van der Waals surface area (Å²) in [6, 6.07) is 1.09. The molecule has 2 aliphatic heterocycles. The first-order valence-corrected chi connectivity index (χ1v) is 5.94. The van der Waals surface area contributed by atoms with Crippen molar-refractivity contribution in [3.05, 3.63) is 18.0 Å². The molecule has 18 heavy (non-hydrogen) atoms. The molecule has 3 rings (SSSR count). The first kappa shape index (κ1) is 11.2. The van der Waals surface area contributed by atoms with Crippen LogP contribution in [0.4, 0.5) is 4.79 Å². The molecule has 0 spiro atoms. The second kappa shape index (κ2) is 4.09. The van der Waals surface area contributed by atoms with Crippen LogP contribution in [0.5, 0.6) is 0 Å². The highest BCUT2D eigenvalue weighted by Gasteiger charge is 2.38. The van der Waals surface area contributed by atoms with Crippen molar-refractivity contribution < 1.29 is 14.7 Å². The van der Waals surface area contributed by atoms with Gasteiger partial charge in [-0.3, -0.25) is 0 Å². The minimum absolute atomic E-state index is 0.107. The summed E-state index contributed by atoms with van der Waals surface area (Å²) in [5.74, 6) is -0.0871. The van der Waals surface area contributed by atoms with Crippen molar-refractivity contribution >= 4 is 12.0 Å². The fraction of sp³-hybridized carbons (Fsp3) is 0.545. The number of carboxylic acid groups (broad SMARTS) is 1. The van der Waals surface area contributed by atoms with Gasteiger partial charge in [-0.05, 0) is 17.9 Å². The summed E-state index contributed by atoms with van der Waals surface area (Å²) in [5, 5.41) is 15.8. The number of likely N-dealkylation sites (tertiary alicyclic amines) is 1. The van der Waals surface area contributed by atoms with Gasteiger partial charge in [-0.1, -0.05) is 0 Å². The van der Waals surface area contributed by atoms with E-state index in [4.69, 9.17) is 5.11 Å². The summed E-state index contributed by atoms with van der Waals surface area (Å²) in [5.41, 5.74) is -0.107. The molecule has 96 valence electrons. The fourth-order valence-electron chi connectivity index (χ4n) is 2.70. The Hall–Kier alpha value is -1.89. The van der Waals surface area contributed by atoms with Gasteiger partial charge >= 0.3 is 12.0 Å². The van der Waals surface area contributed by atoms with Crippen LogP contribution < -0.4 is 5.32 Å². The lowest BCUT2D eigenvalue weighted by Gasteiger charge is -2.16. The van der Waals surface area contributed by atoms with Crippen LogP contribution in [0, 0.1) is 11.8 Å². The molecule has 2 aliphatic rings. The Labute approximate surface area is 103 Å². The van der Waals surface area contributed by atoms with Gasteiger partial charge in [-0.15, -0.1) is 0 Å². The monoisotopic (exact) mass is 250 g/mol. The van der Waals surface area contributed by atoms with E-state index < -0.39 is 5.97 Å². The molecule has 2 N–H and O–H groups in total. The van der Waals surface area contributed by atoms with Gasteiger partial charge in [0.15, 0.2) is 5.69 Å². The first-order valence-electron chi connectivity index (χ1n) is 5.94. The molecular weight excluding hydrogens is 236 g/mol. The van der Waals surface area contributed by atoms with Crippen LogP contribution >= 0.6 is 0 Å².